The molecule has 0 radical (unpaired) electrons. The van der Waals surface area contributed by atoms with Crippen LogP contribution in [-0.4, -0.2) is 40.4 Å². The van der Waals surface area contributed by atoms with E-state index in [4.69, 9.17) is 4.74 Å². The highest BCUT2D eigenvalue weighted by molar-refractivity contribution is 8.02. The number of aromatic nitrogens is 2. The second-order valence-corrected chi connectivity index (χ2v) is 9.84. The van der Waals surface area contributed by atoms with Crippen LogP contribution in [0.25, 0.3) is 0 Å². The summed E-state index contributed by atoms with van der Waals surface area (Å²) in [5.41, 5.74) is 1.68. The number of anilines is 3. The van der Waals surface area contributed by atoms with Crippen molar-refractivity contribution in [2.24, 2.45) is 0 Å². The normalized spacial score (nSPS) is 13.8. The summed E-state index contributed by atoms with van der Waals surface area (Å²) < 4.78 is 6.00. The molecule has 0 aliphatic heterocycles. The van der Waals surface area contributed by atoms with Crippen LogP contribution in [0.5, 0.6) is 5.75 Å². The Labute approximate surface area is 194 Å². The first-order valence-electron chi connectivity index (χ1n) is 10.1. The molecule has 1 saturated carbocycles. The Morgan fingerprint density at radius 1 is 1.09 bits per heavy atom. The number of hydrogen-bond donors (Lipinski definition) is 3. The van der Waals surface area contributed by atoms with Crippen molar-refractivity contribution in [2.45, 2.75) is 35.4 Å². The van der Waals surface area contributed by atoms with Crippen LogP contribution in [0.4, 0.5) is 16.5 Å². The Kier molecular flexibility index (Phi) is 6.91. The van der Waals surface area contributed by atoms with E-state index < -0.39 is 0 Å². The van der Waals surface area contributed by atoms with Gasteiger partial charge in [-0.3, -0.25) is 9.59 Å². The number of thioether (sulfide) groups is 1. The number of nitrogens with zero attached hydrogens (tertiary/aromatic N) is 2. The number of ether oxygens (including phenoxy) is 1. The van der Waals surface area contributed by atoms with Crippen molar-refractivity contribution in [2.75, 3.05) is 23.1 Å². The predicted octanol–water partition coefficient (Wildman–Crippen LogP) is 4.49. The van der Waals surface area contributed by atoms with Crippen molar-refractivity contribution in [3.63, 3.8) is 0 Å². The van der Waals surface area contributed by atoms with Gasteiger partial charge < -0.3 is 20.7 Å². The second-order valence-electron chi connectivity index (χ2n) is 7.27. The van der Waals surface area contributed by atoms with E-state index in [-0.39, 0.29) is 17.1 Å². The summed E-state index contributed by atoms with van der Waals surface area (Å²) in [7, 11) is 1.55. The van der Waals surface area contributed by atoms with E-state index in [1.54, 1.807) is 43.5 Å². The molecule has 1 heterocycles. The number of carbonyl (C=O) groups excluding carboxylic acids is 2. The molecule has 1 unspecified atom stereocenters. The summed E-state index contributed by atoms with van der Waals surface area (Å²) >= 11 is 2.83. The average Bonchev–Trinajstić information content (AvgIpc) is 3.51. The lowest BCUT2D eigenvalue weighted by atomic mass is 10.2. The molecule has 1 atom stereocenters. The smallest absolute Gasteiger partial charge is 0.255 e. The van der Waals surface area contributed by atoms with E-state index >= 15 is 0 Å². The van der Waals surface area contributed by atoms with Crippen LogP contribution in [-0.2, 0) is 4.79 Å². The van der Waals surface area contributed by atoms with Crippen LogP contribution in [0, 0.1) is 0 Å². The van der Waals surface area contributed by atoms with Crippen LogP contribution in [0.15, 0.2) is 52.9 Å². The summed E-state index contributed by atoms with van der Waals surface area (Å²) in [5, 5.41) is 17.7. The van der Waals surface area contributed by atoms with Gasteiger partial charge in [-0.15, -0.1) is 10.2 Å². The maximum absolute atomic E-state index is 12.6. The molecule has 10 heteroatoms. The van der Waals surface area contributed by atoms with Gasteiger partial charge in [0.15, 0.2) is 4.34 Å². The molecule has 1 fully saturated rings. The third-order valence-corrected chi connectivity index (χ3v) is 6.77. The third kappa shape index (κ3) is 5.77. The molecule has 1 aliphatic rings. The molecule has 32 heavy (non-hydrogen) atoms. The number of nitrogens with one attached hydrogen (secondary N) is 3. The highest BCUT2D eigenvalue weighted by Crippen LogP contribution is 2.32. The third-order valence-electron chi connectivity index (χ3n) is 4.73. The Morgan fingerprint density at radius 3 is 2.56 bits per heavy atom. The predicted molar refractivity (Wildman–Crippen MR) is 128 cm³/mol. The molecule has 2 aromatic carbocycles. The molecule has 0 bridgehead atoms. The number of amides is 2. The molecule has 4 rings (SSSR count). The van der Waals surface area contributed by atoms with Gasteiger partial charge in [-0.2, -0.15) is 0 Å². The van der Waals surface area contributed by atoms with Crippen molar-refractivity contribution >= 4 is 51.4 Å². The van der Waals surface area contributed by atoms with E-state index in [1.165, 1.54) is 35.9 Å². The molecule has 8 nitrogen and oxygen atoms in total. The molecule has 3 N–H and O–H groups in total. The highest BCUT2D eigenvalue weighted by atomic mass is 32.2. The molecular weight excluding hydrogens is 446 g/mol. The van der Waals surface area contributed by atoms with Gasteiger partial charge in [-0.25, -0.2) is 0 Å². The van der Waals surface area contributed by atoms with Crippen LogP contribution in [0.3, 0.4) is 0 Å². The first-order chi connectivity index (χ1) is 15.5. The topological polar surface area (TPSA) is 105 Å². The van der Waals surface area contributed by atoms with E-state index in [1.807, 2.05) is 19.1 Å². The van der Waals surface area contributed by atoms with Gasteiger partial charge in [0.2, 0.25) is 11.0 Å². The van der Waals surface area contributed by atoms with Crippen molar-refractivity contribution < 1.29 is 14.3 Å². The molecular formula is C22H23N5O3S2. The quantitative estimate of drug-likeness (QED) is 0.397. The standard InChI is InChI=1S/C22H23N5O3S2/c1-13(31-22-27-26-21(32-22)24-16-11-12-16)19(28)23-15-9-7-14(8-10-15)20(29)25-17-5-3-4-6-18(17)30-2/h3-10,13,16H,11-12H2,1-2H3,(H,23,28)(H,24,26)(H,25,29). The molecule has 0 saturated heterocycles. The highest BCUT2D eigenvalue weighted by Gasteiger charge is 2.23. The Morgan fingerprint density at radius 2 is 1.84 bits per heavy atom. The minimum atomic E-state index is -0.342. The van der Waals surface area contributed by atoms with E-state index in [0.29, 0.717) is 28.7 Å². The van der Waals surface area contributed by atoms with Gasteiger partial charge in [0.1, 0.15) is 5.75 Å². The molecule has 2 amide bonds. The summed E-state index contributed by atoms with van der Waals surface area (Å²) in [5.74, 6) is 0.179. The Balaban J connectivity index is 1.30. The fraction of sp³-hybridized carbons (Fsp3) is 0.273. The Hall–Kier alpha value is -3.11. The van der Waals surface area contributed by atoms with Crippen molar-refractivity contribution in [3.8, 4) is 5.75 Å². The minimum Gasteiger partial charge on any atom is -0.495 e. The number of rotatable bonds is 9. The van der Waals surface area contributed by atoms with Gasteiger partial charge in [0, 0.05) is 17.3 Å². The molecule has 0 spiro atoms. The minimum absolute atomic E-state index is 0.145. The fourth-order valence-corrected chi connectivity index (χ4v) is 4.79. The van der Waals surface area contributed by atoms with Gasteiger partial charge in [-0.1, -0.05) is 35.2 Å². The van der Waals surface area contributed by atoms with E-state index in [0.717, 1.165) is 9.47 Å². The lowest BCUT2D eigenvalue weighted by molar-refractivity contribution is -0.115. The summed E-state index contributed by atoms with van der Waals surface area (Å²) in [6.07, 6.45) is 2.34. The zero-order valence-corrected chi connectivity index (χ0v) is 19.3. The van der Waals surface area contributed by atoms with Gasteiger partial charge in [0.05, 0.1) is 18.0 Å². The van der Waals surface area contributed by atoms with Crippen molar-refractivity contribution in [3.05, 3.63) is 54.1 Å². The molecule has 3 aromatic rings. The van der Waals surface area contributed by atoms with Gasteiger partial charge in [0.25, 0.3) is 5.91 Å². The zero-order chi connectivity index (χ0) is 22.5. The maximum Gasteiger partial charge on any atom is 0.255 e. The van der Waals surface area contributed by atoms with Crippen LogP contribution >= 0.6 is 23.1 Å². The SMILES string of the molecule is COc1ccccc1NC(=O)c1ccc(NC(=O)C(C)Sc2nnc(NC3CC3)s2)cc1. The molecule has 1 aliphatic carbocycles. The van der Waals surface area contributed by atoms with Gasteiger partial charge in [-0.05, 0) is 56.2 Å². The first kappa shape index (κ1) is 22.1. The monoisotopic (exact) mass is 469 g/mol. The average molecular weight is 470 g/mol. The Bertz CT molecular complexity index is 1100. The number of carbonyl (C=O) groups is 2. The zero-order valence-electron chi connectivity index (χ0n) is 17.6. The molecule has 1 aromatic heterocycles. The van der Waals surface area contributed by atoms with Crippen LogP contribution in [0.1, 0.15) is 30.1 Å². The lowest BCUT2D eigenvalue weighted by Crippen LogP contribution is -2.22. The number of hydrogen-bond acceptors (Lipinski definition) is 8. The van der Waals surface area contributed by atoms with Crippen LogP contribution < -0.4 is 20.7 Å². The first-order valence-corrected chi connectivity index (χ1v) is 11.8. The van der Waals surface area contributed by atoms with Gasteiger partial charge >= 0.3 is 0 Å². The summed E-state index contributed by atoms with van der Waals surface area (Å²) in [4.78, 5) is 25.1. The van der Waals surface area contributed by atoms with Crippen molar-refractivity contribution in [1.29, 1.82) is 0 Å². The number of methoxy groups -OCH3 is 1. The maximum atomic E-state index is 12.6. The lowest BCUT2D eigenvalue weighted by Gasteiger charge is -2.12. The number of para-hydroxylation sites is 2. The van der Waals surface area contributed by atoms with Crippen molar-refractivity contribution in [1.82, 2.24) is 10.2 Å². The van der Waals surface area contributed by atoms with Crippen LogP contribution in [0.2, 0.25) is 0 Å². The van der Waals surface area contributed by atoms with E-state index in [2.05, 4.69) is 26.1 Å². The summed E-state index contributed by atoms with van der Waals surface area (Å²) in [6, 6.07) is 14.5. The second kappa shape index (κ2) is 10.0. The summed E-state index contributed by atoms with van der Waals surface area (Å²) in [6.45, 7) is 1.82. The van der Waals surface area contributed by atoms with E-state index in [9.17, 15) is 9.59 Å². The largest absolute Gasteiger partial charge is 0.495 e. The number of benzene rings is 2. The fourth-order valence-electron chi connectivity index (χ4n) is 2.81. The molecule has 166 valence electrons.